The third-order valence-corrected chi connectivity index (χ3v) is 4.44. The van der Waals surface area contributed by atoms with E-state index >= 15 is 0 Å². The Morgan fingerprint density at radius 1 is 1.16 bits per heavy atom. The van der Waals surface area contributed by atoms with Crippen LogP contribution in [0.15, 0.2) is 18.2 Å². The molecule has 0 aliphatic heterocycles. The van der Waals surface area contributed by atoms with Gasteiger partial charge in [0.05, 0.1) is 6.04 Å². The highest BCUT2D eigenvalue weighted by atomic mass is 32.1. The molecule has 4 heteroatoms. The molecule has 3 nitrogen and oxygen atoms in total. The predicted molar refractivity (Wildman–Crippen MR) is 81.5 cm³/mol. The van der Waals surface area contributed by atoms with Gasteiger partial charge in [0.1, 0.15) is 10.0 Å². The average molecular weight is 275 g/mol. The summed E-state index contributed by atoms with van der Waals surface area (Å²) in [7, 11) is 0. The number of hydrogen-bond donors (Lipinski definition) is 1. The molecular formula is C15H21N3S. The van der Waals surface area contributed by atoms with Crippen molar-refractivity contribution in [2.45, 2.75) is 40.2 Å². The number of aromatic nitrogens is 2. The van der Waals surface area contributed by atoms with Gasteiger partial charge < -0.3 is 5.32 Å². The second-order valence-corrected chi connectivity index (χ2v) is 5.77. The first-order chi connectivity index (χ1) is 9.15. The van der Waals surface area contributed by atoms with Crippen LogP contribution in [0, 0.1) is 13.8 Å². The summed E-state index contributed by atoms with van der Waals surface area (Å²) in [5.74, 6) is 0. The maximum Gasteiger partial charge on any atom is 0.147 e. The minimum atomic E-state index is 0.322. The molecule has 19 heavy (non-hydrogen) atoms. The number of hydrogen-bond acceptors (Lipinski definition) is 4. The number of aryl methyl sites for hydroxylation is 2. The monoisotopic (exact) mass is 275 g/mol. The van der Waals surface area contributed by atoms with Crippen LogP contribution in [0.25, 0.3) is 10.6 Å². The molecule has 1 aromatic carbocycles. The number of benzene rings is 1. The largest absolute Gasteiger partial charge is 0.308 e. The van der Waals surface area contributed by atoms with Crippen molar-refractivity contribution in [1.29, 1.82) is 0 Å². The van der Waals surface area contributed by atoms with Gasteiger partial charge in [-0.25, -0.2) is 0 Å². The fourth-order valence-electron chi connectivity index (χ4n) is 2.02. The smallest absolute Gasteiger partial charge is 0.147 e. The Morgan fingerprint density at radius 3 is 2.58 bits per heavy atom. The Morgan fingerprint density at radius 2 is 1.95 bits per heavy atom. The highest BCUT2D eigenvalue weighted by Crippen LogP contribution is 2.29. The summed E-state index contributed by atoms with van der Waals surface area (Å²) < 4.78 is 0. The van der Waals surface area contributed by atoms with Crippen LogP contribution in [-0.2, 0) is 0 Å². The molecule has 1 unspecified atom stereocenters. The van der Waals surface area contributed by atoms with Crippen LogP contribution >= 0.6 is 11.3 Å². The van der Waals surface area contributed by atoms with Gasteiger partial charge in [0.2, 0.25) is 0 Å². The van der Waals surface area contributed by atoms with E-state index in [9.17, 15) is 0 Å². The third kappa shape index (κ3) is 3.19. The van der Waals surface area contributed by atoms with Crippen molar-refractivity contribution >= 4 is 11.3 Å². The standard InChI is InChI=1S/C15H21N3S/c1-5-13(16-6-2)15-18-17-14(19-15)12-8-7-10(3)11(4)9-12/h7-9,13,16H,5-6H2,1-4H3. The Hall–Kier alpha value is -1.26. The van der Waals surface area contributed by atoms with Gasteiger partial charge in [-0.2, -0.15) is 0 Å². The molecule has 2 rings (SSSR count). The van der Waals surface area contributed by atoms with E-state index in [1.54, 1.807) is 11.3 Å². The van der Waals surface area contributed by atoms with Gasteiger partial charge in [-0.1, -0.05) is 37.3 Å². The van der Waals surface area contributed by atoms with Gasteiger partial charge in [0.25, 0.3) is 0 Å². The SMILES string of the molecule is CCNC(CC)c1nnc(-c2ccc(C)c(C)c2)s1. The number of nitrogens with zero attached hydrogens (tertiary/aromatic N) is 2. The van der Waals surface area contributed by atoms with E-state index in [0.29, 0.717) is 6.04 Å². The average Bonchev–Trinajstić information content (AvgIpc) is 2.88. The Bertz CT molecular complexity index is 548. The van der Waals surface area contributed by atoms with E-state index in [4.69, 9.17) is 0 Å². The summed E-state index contributed by atoms with van der Waals surface area (Å²) in [5.41, 5.74) is 3.78. The zero-order valence-corrected chi connectivity index (χ0v) is 12.8. The summed E-state index contributed by atoms with van der Waals surface area (Å²) in [6, 6.07) is 6.78. The van der Waals surface area contributed by atoms with Crippen molar-refractivity contribution in [2.24, 2.45) is 0 Å². The van der Waals surface area contributed by atoms with Gasteiger partial charge in [-0.05, 0) is 44.0 Å². The third-order valence-electron chi connectivity index (χ3n) is 3.35. The van der Waals surface area contributed by atoms with Crippen molar-refractivity contribution in [3.63, 3.8) is 0 Å². The first kappa shape index (κ1) is 14.2. The topological polar surface area (TPSA) is 37.8 Å². The lowest BCUT2D eigenvalue weighted by atomic mass is 10.1. The quantitative estimate of drug-likeness (QED) is 0.899. The summed E-state index contributed by atoms with van der Waals surface area (Å²) in [6.07, 6.45) is 1.04. The van der Waals surface area contributed by atoms with Crippen LogP contribution in [0.1, 0.15) is 42.4 Å². The van der Waals surface area contributed by atoms with Crippen LogP contribution in [0.2, 0.25) is 0 Å². The molecule has 0 saturated carbocycles. The van der Waals surface area contributed by atoms with Gasteiger partial charge >= 0.3 is 0 Å². The van der Waals surface area contributed by atoms with E-state index in [1.807, 2.05) is 0 Å². The fraction of sp³-hybridized carbons (Fsp3) is 0.467. The van der Waals surface area contributed by atoms with Crippen molar-refractivity contribution in [1.82, 2.24) is 15.5 Å². The van der Waals surface area contributed by atoms with Gasteiger partial charge in [0.15, 0.2) is 0 Å². The van der Waals surface area contributed by atoms with Gasteiger partial charge in [-0.15, -0.1) is 10.2 Å². The molecule has 1 N–H and O–H groups in total. The Kier molecular flexibility index (Phi) is 4.66. The van der Waals surface area contributed by atoms with Crippen molar-refractivity contribution < 1.29 is 0 Å². The Labute approximate surface area is 119 Å². The molecule has 0 aliphatic carbocycles. The highest BCUT2D eigenvalue weighted by Gasteiger charge is 2.14. The predicted octanol–water partition coefficient (Wildman–Crippen LogP) is 3.88. The van der Waals surface area contributed by atoms with Crippen LogP contribution in [0.4, 0.5) is 0 Å². The second-order valence-electron chi connectivity index (χ2n) is 4.76. The molecule has 0 amide bonds. The summed E-state index contributed by atoms with van der Waals surface area (Å²) in [4.78, 5) is 0. The van der Waals surface area contributed by atoms with E-state index in [1.165, 1.54) is 16.7 Å². The number of nitrogens with one attached hydrogen (secondary N) is 1. The Balaban J connectivity index is 2.27. The molecular weight excluding hydrogens is 254 g/mol. The highest BCUT2D eigenvalue weighted by molar-refractivity contribution is 7.14. The van der Waals surface area contributed by atoms with E-state index in [-0.39, 0.29) is 0 Å². The van der Waals surface area contributed by atoms with Crippen LogP contribution in [-0.4, -0.2) is 16.7 Å². The molecule has 1 atom stereocenters. The lowest BCUT2D eigenvalue weighted by Crippen LogP contribution is -2.19. The number of rotatable bonds is 5. The van der Waals surface area contributed by atoms with Crippen molar-refractivity contribution in [3.8, 4) is 10.6 Å². The molecule has 0 fully saturated rings. The summed E-state index contributed by atoms with van der Waals surface area (Å²) >= 11 is 1.69. The zero-order chi connectivity index (χ0) is 13.8. The van der Waals surface area contributed by atoms with Crippen LogP contribution < -0.4 is 5.32 Å². The minimum absolute atomic E-state index is 0.322. The zero-order valence-electron chi connectivity index (χ0n) is 12.0. The lowest BCUT2D eigenvalue weighted by molar-refractivity contribution is 0.531. The summed E-state index contributed by atoms with van der Waals surface area (Å²) in [5, 5.41) is 14.2. The minimum Gasteiger partial charge on any atom is -0.308 e. The lowest BCUT2D eigenvalue weighted by Gasteiger charge is -2.11. The first-order valence-corrected chi connectivity index (χ1v) is 7.61. The molecule has 102 valence electrons. The van der Waals surface area contributed by atoms with Crippen molar-refractivity contribution in [3.05, 3.63) is 34.3 Å². The maximum absolute atomic E-state index is 4.34. The molecule has 1 aromatic heterocycles. The molecule has 0 radical (unpaired) electrons. The molecule has 1 heterocycles. The normalized spacial score (nSPS) is 12.6. The second kappa shape index (κ2) is 6.26. The first-order valence-electron chi connectivity index (χ1n) is 6.80. The van der Waals surface area contributed by atoms with E-state index in [0.717, 1.165) is 23.0 Å². The van der Waals surface area contributed by atoms with Crippen LogP contribution in [0.5, 0.6) is 0 Å². The van der Waals surface area contributed by atoms with Crippen LogP contribution in [0.3, 0.4) is 0 Å². The maximum atomic E-state index is 4.34. The molecule has 0 spiro atoms. The van der Waals surface area contributed by atoms with Crippen molar-refractivity contribution in [2.75, 3.05) is 6.54 Å². The molecule has 2 aromatic rings. The van der Waals surface area contributed by atoms with Gasteiger partial charge in [-0.3, -0.25) is 0 Å². The van der Waals surface area contributed by atoms with Gasteiger partial charge in [0, 0.05) is 5.56 Å². The molecule has 0 bridgehead atoms. The fourth-order valence-corrected chi connectivity index (χ4v) is 3.02. The summed E-state index contributed by atoms with van der Waals surface area (Å²) in [6.45, 7) is 9.51. The van der Waals surface area contributed by atoms with E-state index < -0.39 is 0 Å². The molecule has 0 saturated heterocycles. The van der Waals surface area contributed by atoms with E-state index in [2.05, 4.69) is 61.4 Å². The molecule has 0 aliphatic rings.